The minimum atomic E-state index is 0.162. The second kappa shape index (κ2) is 2.73. The molecule has 0 aliphatic carbocycles. The molecule has 0 saturated heterocycles. The van der Waals surface area contributed by atoms with Crippen molar-refractivity contribution in [2.24, 2.45) is 0 Å². The van der Waals surface area contributed by atoms with E-state index in [1.54, 1.807) is 0 Å². The monoisotopic (exact) mass is 105 g/mol. The average molecular weight is 106 g/mol. The zero-order valence-corrected chi connectivity index (χ0v) is 4.92. The first-order chi connectivity index (χ1) is 2.27. The lowest BCUT2D eigenvalue weighted by Gasteiger charge is -1.87. The van der Waals surface area contributed by atoms with Gasteiger partial charge in [0.2, 0.25) is 0 Å². The number of halogens is 1. The van der Waals surface area contributed by atoms with Gasteiger partial charge in [-0.3, -0.25) is 0 Å². The van der Waals surface area contributed by atoms with Crippen molar-refractivity contribution in [2.75, 3.05) is 0 Å². The Morgan fingerprint density at radius 1 is 2.00 bits per heavy atom. The van der Waals surface area contributed by atoms with Gasteiger partial charge in [0.1, 0.15) is 0 Å². The van der Waals surface area contributed by atoms with Crippen LogP contribution in [0.2, 0.25) is 0 Å². The fraction of sp³-hybridized carbons (Fsp3) is 1.00. The molecular formula is C3H6ClSi. The molecule has 0 rings (SSSR count). The molecule has 0 aromatic heterocycles. The van der Waals surface area contributed by atoms with Crippen LogP contribution >= 0.6 is 11.6 Å². The van der Waals surface area contributed by atoms with Crippen LogP contribution in [-0.4, -0.2) is 15.2 Å². The third-order valence-electron chi connectivity index (χ3n) is 0.358. The first-order valence-electron chi connectivity index (χ1n) is 1.62. The van der Waals surface area contributed by atoms with Crippen molar-refractivity contribution in [3.8, 4) is 0 Å². The maximum absolute atomic E-state index is 5.38. The van der Waals surface area contributed by atoms with Crippen molar-refractivity contribution in [1.82, 2.24) is 0 Å². The summed E-state index contributed by atoms with van der Waals surface area (Å²) in [5.74, 6) is 0. The maximum atomic E-state index is 5.38. The molecule has 29 valence electrons. The van der Waals surface area contributed by atoms with Gasteiger partial charge in [-0.1, -0.05) is 6.92 Å². The molecular weight excluding hydrogens is 99.6 g/mol. The van der Waals surface area contributed by atoms with E-state index < -0.39 is 0 Å². The molecule has 0 nitrogen and oxygen atoms in total. The topological polar surface area (TPSA) is 0 Å². The van der Waals surface area contributed by atoms with Gasteiger partial charge in [-0.15, -0.1) is 11.6 Å². The van der Waals surface area contributed by atoms with Gasteiger partial charge >= 0.3 is 0 Å². The van der Waals surface area contributed by atoms with Crippen LogP contribution in [0.5, 0.6) is 0 Å². The predicted octanol–water partition coefficient (Wildman–Crippen LogP) is 1.13. The minimum absolute atomic E-state index is 0.162. The van der Waals surface area contributed by atoms with Crippen molar-refractivity contribution < 1.29 is 0 Å². The zero-order valence-electron chi connectivity index (χ0n) is 3.16. The first kappa shape index (κ1) is 5.51. The Morgan fingerprint density at radius 3 is 2.20 bits per heavy atom. The standard InChI is InChI=1S/C3H6ClSi/c1-2-3(4)5/h3H,2H2,1H3. The van der Waals surface area contributed by atoms with Crippen molar-refractivity contribution in [2.45, 2.75) is 18.3 Å². The summed E-state index contributed by atoms with van der Waals surface area (Å²) >= 11 is 5.38. The van der Waals surface area contributed by atoms with E-state index in [0.29, 0.717) is 0 Å². The minimum Gasteiger partial charge on any atom is -0.127 e. The molecule has 0 amide bonds. The lowest BCUT2D eigenvalue weighted by atomic mass is 10.6. The molecule has 0 saturated carbocycles. The van der Waals surface area contributed by atoms with Crippen LogP contribution < -0.4 is 0 Å². The molecule has 1 unspecified atom stereocenters. The molecule has 0 bridgehead atoms. The Bertz CT molecular complexity index is 20.9. The first-order valence-corrected chi connectivity index (χ1v) is 2.64. The average Bonchev–Trinajstić information content (AvgIpc) is 1.38. The van der Waals surface area contributed by atoms with E-state index in [-0.39, 0.29) is 5.00 Å². The van der Waals surface area contributed by atoms with E-state index in [0.717, 1.165) is 6.42 Å². The fourth-order valence-electron chi connectivity index (χ4n) is 0. The number of alkyl halides is 1. The lowest BCUT2D eigenvalue weighted by Crippen LogP contribution is -1.90. The van der Waals surface area contributed by atoms with Gasteiger partial charge in [0.05, 0.1) is 0 Å². The van der Waals surface area contributed by atoms with Gasteiger partial charge in [-0.25, -0.2) is 0 Å². The smallest absolute Gasteiger partial charge is 0.0487 e. The Hall–Kier alpha value is 0.507. The Kier molecular flexibility index (Phi) is 3.01. The van der Waals surface area contributed by atoms with Crippen LogP contribution in [0, 0.1) is 0 Å². The number of hydrogen-bond acceptors (Lipinski definition) is 0. The normalized spacial score (nSPS) is 15.0. The van der Waals surface area contributed by atoms with Crippen molar-refractivity contribution >= 4 is 21.8 Å². The third-order valence-corrected chi connectivity index (χ3v) is 1.08. The highest BCUT2D eigenvalue weighted by atomic mass is 35.5. The van der Waals surface area contributed by atoms with Gasteiger partial charge in [0.15, 0.2) is 0 Å². The van der Waals surface area contributed by atoms with E-state index >= 15 is 0 Å². The molecule has 1 atom stereocenters. The summed E-state index contributed by atoms with van der Waals surface area (Å²) < 4.78 is 0. The zero-order chi connectivity index (χ0) is 4.28. The van der Waals surface area contributed by atoms with Gasteiger partial charge in [0, 0.05) is 15.2 Å². The summed E-state index contributed by atoms with van der Waals surface area (Å²) in [5, 5.41) is 0.162. The summed E-state index contributed by atoms with van der Waals surface area (Å²) in [7, 11) is 3.18. The van der Waals surface area contributed by atoms with E-state index in [1.807, 2.05) is 6.92 Å². The molecule has 0 aliphatic heterocycles. The van der Waals surface area contributed by atoms with Crippen LogP contribution in [0.1, 0.15) is 13.3 Å². The summed E-state index contributed by atoms with van der Waals surface area (Å²) in [5.41, 5.74) is 0. The quantitative estimate of drug-likeness (QED) is 0.347. The molecule has 0 fully saturated rings. The molecule has 5 heavy (non-hydrogen) atoms. The molecule has 0 aliphatic rings. The summed E-state index contributed by atoms with van der Waals surface area (Å²) in [6.07, 6.45) is 0.985. The van der Waals surface area contributed by atoms with Gasteiger partial charge in [0.25, 0.3) is 0 Å². The van der Waals surface area contributed by atoms with Crippen molar-refractivity contribution in [1.29, 1.82) is 0 Å². The van der Waals surface area contributed by atoms with Crippen LogP contribution in [0.15, 0.2) is 0 Å². The van der Waals surface area contributed by atoms with Gasteiger partial charge in [-0.05, 0) is 6.42 Å². The highest BCUT2D eigenvalue weighted by molar-refractivity contribution is 6.40. The SMILES string of the molecule is CCC([Si])Cl. The van der Waals surface area contributed by atoms with E-state index in [4.69, 9.17) is 11.6 Å². The van der Waals surface area contributed by atoms with Crippen LogP contribution in [0.4, 0.5) is 0 Å². The summed E-state index contributed by atoms with van der Waals surface area (Å²) in [6.45, 7) is 2.02. The van der Waals surface area contributed by atoms with E-state index in [9.17, 15) is 0 Å². The second-order valence-corrected chi connectivity index (χ2v) is 2.47. The highest BCUT2D eigenvalue weighted by Gasteiger charge is 1.83. The largest absolute Gasteiger partial charge is 0.127 e. The Morgan fingerprint density at radius 2 is 2.20 bits per heavy atom. The molecule has 0 aromatic rings. The highest BCUT2D eigenvalue weighted by Crippen LogP contribution is 1.90. The second-order valence-electron chi connectivity index (χ2n) is 0.876. The van der Waals surface area contributed by atoms with Crippen LogP contribution in [-0.2, 0) is 0 Å². The fourth-order valence-corrected chi connectivity index (χ4v) is 0. The summed E-state index contributed by atoms with van der Waals surface area (Å²) in [6, 6.07) is 0. The lowest BCUT2D eigenvalue weighted by molar-refractivity contribution is 1.04. The molecule has 2 heteroatoms. The Balaban J connectivity index is 2.54. The summed E-state index contributed by atoms with van der Waals surface area (Å²) in [4.78, 5) is 0. The number of hydrogen-bond donors (Lipinski definition) is 0. The Labute approximate surface area is 40.9 Å². The van der Waals surface area contributed by atoms with Gasteiger partial charge < -0.3 is 0 Å². The predicted molar refractivity (Wildman–Crippen MR) is 25.7 cm³/mol. The maximum Gasteiger partial charge on any atom is 0.0487 e. The molecule has 0 heterocycles. The van der Waals surface area contributed by atoms with Crippen LogP contribution in [0.25, 0.3) is 0 Å². The van der Waals surface area contributed by atoms with Crippen LogP contribution in [0.3, 0.4) is 0 Å². The molecule has 0 spiro atoms. The van der Waals surface area contributed by atoms with E-state index in [1.165, 1.54) is 0 Å². The molecule has 0 aromatic carbocycles. The molecule has 0 N–H and O–H groups in total. The van der Waals surface area contributed by atoms with Crippen molar-refractivity contribution in [3.63, 3.8) is 0 Å². The number of rotatable bonds is 1. The third kappa shape index (κ3) is 4.51. The van der Waals surface area contributed by atoms with Crippen molar-refractivity contribution in [3.05, 3.63) is 0 Å². The van der Waals surface area contributed by atoms with Gasteiger partial charge in [-0.2, -0.15) is 0 Å². The molecule has 3 radical (unpaired) electrons. The van der Waals surface area contributed by atoms with E-state index in [2.05, 4.69) is 10.2 Å².